The van der Waals surface area contributed by atoms with Gasteiger partial charge in [0.25, 0.3) is 0 Å². The number of allylic oxidation sites excluding steroid dienone is 6. The van der Waals surface area contributed by atoms with Crippen molar-refractivity contribution in [3.05, 3.63) is 60.1 Å². The van der Waals surface area contributed by atoms with Crippen LogP contribution in [0.5, 0.6) is 0 Å². The highest BCUT2D eigenvalue weighted by Gasteiger charge is 2.05. The van der Waals surface area contributed by atoms with E-state index < -0.39 is 11.9 Å². The molecule has 0 aliphatic carbocycles. The molecule has 33 heavy (non-hydrogen) atoms. The molecule has 0 rings (SSSR count). The third-order valence-electron chi connectivity index (χ3n) is 4.99. The molecule has 0 fully saturated rings. The zero-order valence-electron chi connectivity index (χ0n) is 20.6. The molecule has 0 amide bonds. The lowest BCUT2D eigenvalue weighted by molar-refractivity contribution is -0.134. The van der Waals surface area contributed by atoms with Gasteiger partial charge in [0.15, 0.2) is 0 Å². The monoisotopic (exact) mass is 460 g/mol. The van der Waals surface area contributed by atoms with Gasteiger partial charge in [0.05, 0.1) is 12.2 Å². The maximum Gasteiger partial charge on any atom is 0.339 e. The smallest absolute Gasteiger partial charge is 0.339 e. The van der Waals surface area contributed by atoms with Gasteiger partial charge >= 0.3 is 11.9 Å². The molecular weight excluding hydrogens is 416 g/mol. The first-order valence-electron chi connectivity index (χ1n) is 12.6. The molecule has 0 atom stereocenters. The Morgan fingerprint density at radius 1 is 0.667 bits per heavy atom. The Hall–Kier alpha value is -2.56. The number of hydrogen-bond donors (Lipinski definition) is 2. The first-order valence-corrected chi connectivity index (χ1v) is 12.6. The number of hydrogen-bond acceptors (Lipinski definition) is 4. The lowest BCUT2D eigenvalue weighted by Gasteiger charge is -2.02. The van der Waals surface area contributed by atoms with Crippen LogP contribution in [0.3, 0.4) is 0 Å². The quantitative estimate of drug-likeness (QED) is 0.0630. The Bertz CT molecular complexity index is 668. The number of aliphatic hydroxyl groups excluding tert-OH is 1. The molecular formula is C28H44O5. The second-order valence-electron chi connectivity index (χ2n) is 8.18. The summed E-state index contributed by atoms with van der Waals surface area (Å²) >= 11 is 0. The Balaban J connectivity index is 4.39. The molecule has 5 heteroatoms. The normalized spacial score (nSPS) is 12.9. The van der Waals surface area contributed by atoms with Crippen molar-refractivity contribution in [2.24, 2.45) is 0 Å². The van der Waals surface area contributed by atoms with Crippen molar-refractivity contribution >= 4 is 11.9 Å². The van der Waals surface area contributed by atoms with Crippen LogP contribution in [0.1, 0.15) is 104 Å². The summed E-state index contributed by atoms with van der Waals surface area (Å²) in [6, 6.07) is 0. The van der Waals surface area contributed by atoms with E-state index in [0.29, 0.717) is 0 Å². The van der Waals surface area contributed by atoms with Gasteiger partial charge in [0, 0.05) is 0 Å². The molecule has 0 aliphatic rings. The summed E-state index contributed by atoms with van der Waals surface area (Å²) in [4.78, 5) is 23.0. The summed E-state index contributed by atoms with van der Waals surface area (Å²) in [7, 11) is 0. The van der Waals surface area contributed by atoms with E-state index in [2.05, 4.69) is 13.8 Å². The van der Waals surface area contributed by atoms with Crippen LogP contribution in [-0.4, -0.2) is 22.2 Å². The highest BCUT2D eigenvalue weighted by atomic mass is 16.5. The molecule has 0 aromatic rings. The molecule has 5 nitrogen and oxygen atoms in total. The zero-order valence-corrected chi connectivity index (χ0v) is 20.6. The number of aliphatic hydroxyl groups is 1. The standard InChI is InChI=1S/C28H44O5/c1-3-5-7-9-11-13-15-17-19-21-25(29)23-28(32)33-26(24-27(30)31)22-20-18-16-14-12-10-8-6-4-2/h15,17,19-24,29H,3-14,16,18H2,1-2H3,(H,30,31)/b17-15?,21-19?,22-20?,25-23+,26-24?. The van der Waals surface area contributed by atoms with Crippen LogP contribution in [0.25, 0.3) is 0 Å². The van der Waals surface area contributed by atoms with Crippen LogP contribution in [0.4, 0.5) is 0 Å². The molecule has 0 spiro atoms. The lowest BCUT2D eigenvalue weighted by Crippen LogP contribution is -2.03. The number of rotatable bonds is 20. The third-order valence-corrected chi connectivity index (χ3v) is 4.99. The molecule has 2 N–H and O–H groups in total. The molecule has 0 radical (unpaired) electrons. The van der Waals surface area contributed by atoms with Crippen LogP contribution in [0.15, 0.2) is 60.1 Å². The molecule has 0 unspecified atom stereocenters. The highest BCUT2D eigenvalue weighted by Crippen LogP contribution is 2.10. The van der Waals surface area contributed by atoms with Gasteiger partial charge in [-0.05, 0) is 37.8 Å². The second-order valence-corrected chi connectivity index (χ2v) is 8.18. The van der Waals surface area contributed by atoms with Crippen molar-refractivity contribution in [1.82, 2.24) is 0 Å². The summed E-state index contributed by atoms with van der Waals surface area (Å²) in [5, 5.41) is 18.8. The van der Waals surface area contributed by atoms with Gasteiger partial charge in [-0.3, -0.25) is 0 Å². The van der Waals surface area contributed by atoms with Crippen LogP contribution < -0.4 is 0 Å². The highest BCUT2D eigenvalue weighted by molar-refractivity contribution is 5.86. The number of aliphatic carboxylic acids is 1. The maximum atomic E-state index is 12.0. The summed E-state index contributed by atoms with van der Waals surface area (Å²) in [6.07, 6.45) is 28.3. The summed E-state index contributed by atoms with van der Waals surface area (Å²) in [5.41, 5.74) is 0. The fourth-order valence-electron chi connectivity index (χ4n) is 3.16. The number of ether oxygens (including phenoxy) is 1. The summed E-state index contributed by atoms with van der Waals surface area (Å²) in [6.45, 7) is 4.39. The molecule has 0 aromatic carbocycles. The van der Waals surface area contributed by atoms with Crippen molar-refractivity contribution in [3.8, 4) is 0 Å². The Morgan fingerprint density at radius 3 is 1.79 bits per heavy atom. The predicted molar refractivity (Wildman–Crippen MR) is 136 cm³/mol. The number of esters is 1. The first-order chi connectivity index (χ1) is 16.0. The zero-order chi connectivity index (χ0) is 24.6. The van der Waals surface area contributed by atoms with Gasteiger partial charge in [0.1, 0.15) is 11.5 Å². The van der Waals surface area contributed by atoms with Crippen molar-refractivity contribution in [2.45, 2.75) is 104 Å². The molecule has 0 aromatic heterocycles. The second kappa shape index (κ2) is 22.6. The third kappa shape index (κ3) is 22.4. The van der Waals surface area contributed by atoms with E-state index in [9.17, 15) is 14.7 Å². The minimum Gasteiger partial charge on any atom is -0.508 e. The van der Waals surface area contributed by atoms with Crippen molar-refractivity contribution in [2.75, 3.05) is 0 Å². The van der Waals surface area contributed by atoms with Crippen molar-refractivity contribution in [3.63, 3.8) is 0 Å². The fourth-order valence-corrected chi connectivity index (χ4v) is 3.16. The van der Waals surface area contributed by atoms with Gasteiger partial charge in [-0.25, -0.2) is 9.59 Å². The first kappa shape index (κ1) is 30.4. The van der Waals surface area contributed by atoms with Gasteiger partial charge in [-0.2, -0.15) is 0 Å². The minimum atomic E-state index is -1.20. The van der Waals surface area contributed by atoms with Crippen LogP contribution >= 0.6 is 0 Å². The summed E-state index contributed by atoms with van der Waals surface area (Å²) < 4.78 is 5.06. The molecule has 0 saturated carbocycles. The fraction of sp³-hybridized carbons (Fsp3) is 0.571. The lowest BCUT2D eigenvalue weighted by atomic mass is 10.1. The Labute approximate surface area is 200 Å². The van der Waals surface area contributed by atoms with Gasteiger partial charge in [0.2, 0.25) is 0 Å². The van der Waals surface area contributed by atoms with E-state index in [1.807, 2.05) is 18.2 Å². The average Bonchev–Trinajstić information content (AvgIpc) is 2.76. The topological polar surface area (TPSA) is 83.8 Å². The van der Waals surface area contributed by atoms with Crippen LogP contribution in [0, 0.1) is 0 Å². The Morgan fingerprint density at radius 2 is 1.21 bits per heavy atom. The molecule has 186 valence electrons. The van der Waals surface area contributed by atoms with E-state index in [4.69, 9.17) is 9.84 Å². The van der Waals surface area contributed by atoms with Crippen molar-refractivity contribution < 1.29 is 24.5 Å². The molecule has 0 bridgehead atoms. The Kier molecular flexibility index (Phi) is 20.9. The number of carboxylic acid groups (broad SMARTS) is 1. The average molecular weight is 461 g/mol. The van der Waals surface area contributed by atoms with Gasteiger partial charge < -0.3 is 14.9 Å². The number of carbonyl (C=O) groups is 2. The van der Waals surface area contributed by atoms with Crippen molar-refractivity contribution in [1.29, 1.82) is 0 Å². The van der Waals surface area contributed by atoms with Gasteiger partial charge in [-0.1, -0.05) is 102 Å². The van der Waals surface area contributed by atoms with E-state index >= 15 is 0 Å². The predicted octanol–water partition coefficient (Wildman–Crippen LogP) is 8.11. The molecule has 0 saturated heterocycles. The number of unbranched alkanes of at least 4 members (excludes halogenated alkanes) is 12. The molecule has 0 aliphatic heterocycles. The number of carboxylic acids is 1. The van der Waals surface area contributed by atoms with E-state index in [-0.39, 0.29) is 11.5 Å². The molecule has 0 heterocycles. The number of carbonyl (C=O) groups excluding carboxylic acids is 1. The van der Waals surface area contributed by atoms with Crippen LogP contribution in [-0.2, 0) is 14.3 Å². The van der Waals surface area contributed by atoms with Gasteiger partial charge in [-0.15, -0.1) is 0 Å². The summed E-state index contributed by atoms with van der Waals surface area (Å²) in [5.74, 6) is -2.35. The minimum absolute atomic E-state index is 0.0635. The maximum absolute atomic E-state index is 12.0. The van der Waals surface area contributed by atoms with E-state index in [1.54, 1.807) is 6.08 Å². The SMILES string of the molecule is CCCCCCCC=CC=C/C(O)=C\C(=O)OC(C=CCCCCCCCCC)=CC(=O)O. The van der Waals surface area contributed by atoms with Crippen LogP contribution in [0.2, 0.25) is 0 Å². The largest absolute Gasteiger partial charge is 0.508 e. The van der Waals surface area contributed by atoms with E-state index in [0.717, 1.165) is 44.3 Å². The van der Waals surface area contributed by atoms with E-state index in [1.165, 1.54) is 69.9 Å².